The van der Waals surface area contributed by atoms with Crippen molar-refractivity contribution in [2.24, 2.45) is 11.1 Å². The summed E-state index contributed by atoms with van der Waals surface area (Å²) in [5.74, 6) is 0.418. The van der Waals surface area contributed by atoms with Crippen molar-refractivity contribution in [2.75, 3.05) is 26.7 Å². The number of sulfonamides is 1. The minimum absolute atomic E-state index is 0.0158. The van der Waals surface area contributed by atoms with E-state index in [4.69, 9.17) is 5.14 Å². The van der Waals surface area contributed by atoms with E-state index in [1.54, 1.807) is 6.07 Å². The lowest BCUT2D eigenvalue weighted by Crippen LogP contribution is -2.35. The lowest BCUT2D eigenvalue weighted by Gasteiger charge is -2.21. The fourth-order valence-corrected chi connectivity index (χ4v) is 4.06. The second-order valence-electron chi connectivity index (χ2n) is 6.33. The number of hydrogen-bond donors (Lipinski definition) is 1. The molecule has 0 saturated carbocycles. The quantitative estimate of drug-likeness (QED) is 0.855. The number of rotatable bonds is 2. The number of nitrogens with two attached hydrogens (primary N) is 1. The van der Waals surface area contributed by atoms with Gasteiger partial charge in [0.05, 0.1) is 4.90 Å². The highest BCUT2D eigenvalue weighted by Crippen LogP contribution is 2.31. The summed E-state index contributed by atoms with van der Waals surface area (Å²) in [6.07, 6.45) is 1.11. The van der Waals surface area contributed by atoms with Crippen molar-refractivity contribution in [2.45, 2.75) is 24.3 Å². The van der Waals surface area contributed by atoms with Gasteiger partial charge in [0, 0.05) is 24.7 Å². The molecule has 2 atom stereocenters. The standard InChI is InChI=1S/C15H21N3O3S/c1-10-3-4-12(22(16,20)21)7-13(10)15(19)18-8-11-5-6-17(2)14(11)9-18/h3-4,7,11,14H,5-6,8-9H2,1-2H3,(H2,16,20,21)/t11-,14+/m0/s1. The summed E-state index contributed by atoms with van der Waals surface area (Å²) >= 11 is 0. The van der Waals surface area contributed by atoms with Crippen molar-refractivity contribution in [3.8, 4) is 0 Å². The highest BCUT2D eigenvalue weighted by atomic mass is 32.2. The molecule has 2 aliphatic heterocycles. The van der Waals surface area contributed by atoms with E-state index in [2.05, 4.69) is 11.9 Å². The van der Waals surface area contributed by atoms with Crippen LogP contribution in [0, 0.1) is 12.8 Å². The number of amides is 1. The Kier molecular flexibility index (Phi) is 3.74. The summed E-state index contributed by atoms with van der Waals surface area (Å²) in [5.41, 5.74) is 1.19. The molecule has 0 bridgehead atoms. The molecule has 2 heterocycles. The number of carbonyl (C=O) groups is 1. The molecule has 1 aromatic carbocycles. The SMILES string of the molecule is Cc1ccc(S(N)(=O)=O)cc1C(=O)N1C[C@@H]2CCN(C)[C@@H]2C1. The van der Waals surface area contributed by atoms with Crippen LogP contribution in [0.5, 0.6) is 0 Å². The molecule has 2 saturated heterocycles. The number of hydrogen-bond acceptors (Lipinski definition) is 4. The van der Waals surface area contributed by atoms with Crippen molar-refractivity contribution in [1.29, 1.82) is 0 Å². The number of likely N-dealkylation sites (tertiary alicyclic amines) is 2. The molecule has 120 valence electrons. The predicted octanol–water partition coefficient (Wildman–Crippen LogP) is 0.419. The third kappa shape index (κ3) is 2.64. The minimum atomic E-state index is -3.80. The topological polar surface area (TPSA) is 83.7 Å². The molecule has 0 spiro atoms. The van der Waals surface area contributed by atoms with E-state index in [-0.39, 0.29) is 10.8 Å². The van der Waals surface area contributed by atoms with Crippen molar-refractivity contribution in [1.82, 2.24) is 9.80 Å². The highest BCUT2D eigenvalue weighted by Gasteiger charge is 2.41. The molecule has 0 aliphatic carbocycles. The van der Waals surface area contributed by atoms with Gasteiger partial charge in [-0.1, -0.05) is 6.07 Å². The molecule has 2 aliphatic rings. The van der Waals surface area contributed by atoms with Gasteiger partial charge in [-0.15, -0.1) is 0 Å². The molecular formula is C15H21N3O3S. The van der Waals surface area contributed by atoms with E-state index in [9.17, 15) is 13.2 Å². The Balaban J connectivity index is 1.87. The zero-order valence-electron chi connectivity index (χ0n) is 12.8. The Labute approximate surface area is 130 Å². The average Bonchev–Trinajstić information content (AvgIpc) is 3.00. The van der Waals surface area contributed by atoms with Crippen LogP contribution in [0.25, 0.3) is 0 Å². The molecule has 0 radical (unpaired) electrons. The molecule has 1 amide bonds. The third-order valence-electron chi connectivity index (χ3n) is 4.88. The number of aryl methyl sites for hydroxylation is 1. The van der Waals surface area contributed by atoms with Crippen LogP contribution in [0.4, 0.5) is 0 Å². The van der Waals surface area contributed by atoms with E-state index in [0.717, 1.165) is 25.1 Å². The van der Waals surface area contributed by atoms with Crippen LogP contribution in [0.3, 0.4) is 0 Å². The van der Waals surface area contributed by atoms with Crippen LogP contribution >= 0.6 is 0 Å². The summed E-state index contributed by atoms with van der Waals surface area (Å²) in [5, 5.41) is 5.16. The average molecular weight is 323 g/mol. The van der Waals surface area contributed by atoms with Crippen LogP contribution in [-0.4, -0.2) is 56.8 Å². The van der Waals surface area contributed by atoms with Gasteiger partial charge in [0.1, 0.15) is 0 Å². The molecule has 7 heteroatoms. The van der Waals surface area contributed by atoms with Gasteiger partial charge >= 0.3 is 0 Å². The normalized spacial score (nSPS) is 25.5. The molecule has 3 rings (SSSR count). The Morgan fingerprint density at radius 2 is 2.05 bits per heavy atom. The van der Waals surface area contributed by atoms with Crippen LogP contribution in [0.15, 0.2) is 23.1 Å². The van der Waals surface area contributed by atoms with Gasteiger partial charge in [-0.25, -0.2) is 13.6 Å². The molecule has 2 N–H and O–H groups in total. The Morgan fingerprint density at radius 1 is 1.32 bits per heavy atom. The van der Waals surface area contributed by atoms with Gasteiger partial charge in [0.25, 0.3) is 5.91 Å². The number of fused-ring (bicyclic) bond motifs is 1. The number of carbonyl (C=O) groups excluding carboxylic acids is 1. The Bertz CT molecular complexity index is 717. The van der Waals surface area contributed by atoms with Crippen molar-refractivity contribution < 1.29 is 13.2 Å². The van der Waals surface area contributed by atoms with Gasteiger partial charge in [0.15, 0.2) is 0 Å². The summed E-state index contributed by atoms with van der Waals surface area (Å²) in [7, 11) is -1.71. The maximum absolute atomic E-state index is 12.8. The highest BCUT2D eigenvalue weighted by molar-refractivity contribution is 7.89. The summed E-state index contributed by atoms with van der Waals surface area (Å²) < 4.78 is 23.0. The second-order valence-corrected chi connectivity index (χ2v) is 7.89. The summed E-state index contributed by atoms with van der Waals surface area (Å²) in [4.78, 5) is 16.9. The monoisotopic (exact) mass is 323 g/mol. The van der Waals surface area contributed by atoms with Crippen molar-refractivity contribution in [3.05, 3.63) is 29.3 Å². The lowest BCUT2D eigenvalue weighted by atomic mass is 10.1. The first-order valence-electron chi connectivity index (χ1n) is 7.40. The third-order valence-corrected chi connectivity index (χ3v) is 5.79. The van der Waals surface area contributed by atoms with Crippen LogP contribution in [0.1, 0.15) is 22.3 Å². The molecular weight excluding hydrogens is 302 g/mol. The first-order valence-corrected chi connectivity index (χ1v) is 8.95. The minimum Gasteiger partial charge on any atom is -0.337 e. The number of primary sulfonamides is 1. The van der Waals surface area contributed by atoms with Crippen molar-refractivity contribution in [3.63, 3.8) is 0 Å². The molecule has 2 fully saturated rings. The van der Waals surface area contributed by atoms with Gasteiger partial charge in [-0.2, -0.15) is 0 Å². The van der Waals surface area contributed by atoms with E-state index in [0.29, 0.717) is 24.1 Å². The fourth-order valence-electron chi connectivity index (χ4n) is 3.52. The van der Waals surface area contributed by atoms with Crippen LogP contribution in [0.2, 0.25) is 0 Å². The number of likely N-dealkylation sites (N-methyl/N-ethyl adjacent to an activating group) is 1. The Hall–Kier alpha value is -1.44. The van der Waals surface area contributed by atoms with Gasteiger partial charge in [-0.05, 0) is 50.6 Å². The maximum Gasteiger partial charge on any atom is 0.254 e. The summed E-state index contributed by atoms with van der Waals surface area (Å²) in [6.45, 7) is 4.34. The van der Waals surface area contributed by atoms with Crippen LogP contribution in [-0.2, 0) is 10.0 Å². The second kappa shape index (κ2) is 5.33. The molecule has 6 nitrogen and oxygen atoms in total. The lowest BCUT2D eigenvalue weighted by molar-refractivity contribution is 0.0773. The first kappa shape index (κ1) is 15.5. The molecule has 0 aromatic heterocycles. The van der Waals surface area contributed by atoms with Gasteiger partial charge < -0.3 is 9.80 Å². The van der Waals surface area contributed by atoms with E-state index >= 15 is 0 Å². The summed E-state index contributed by atoms with van der Waals surface area (Å²) in [6, 6.07) is 4.89. The first-order chi connectivity index (χ1) is 10.3. The molecule has 22 heavy (non-hydrogen) atoms. The maximum atomic E-state index is 12.8. The molecule has 0 unspecified atom stereocenters. The zero-order valence-corrected chi connectivity index (χ0v) is 13.6. The largest absolute Gasteiger partial charge is 0.337 e. The van der Waals surface area contributed by atoms with Crippen molar-refractivity contribution >= 4 is 15.9 Å². The Morgan fingerprint density at radius 3 is 2.68 bits per heavy atom. The zero-order chi connectivity index (χ0) is 16.1. The predicted molar refractivity (Wildman–Crippen MR) is 83.0 cm³/mol. The number of benzene rings is 1. The van der Waals surface area contributed by atoms with E-state index in [1.807, 2.05) is 11.8 Å². The van der Waals surface area contributed by atoms with Gasteiger partial charge in [0.2, 0.25) is 10.0 Å². The molecule has 1 aromatic rings. The number of nitrogens with zero attached hydrogens (tertiary/aromatic N) is 2. The van der Waals surface area contributed by atoms with Crippen LogP contribution < -0.4 is 5.14 Å². The van der Waals surface area contributed by atoms with E-state index in [1.165, 1.54) is 12.1 Å². The van der Waals surface area contributed by atoms with E-state index < -0.39 is 10.0 Å². The smallest absolute Gasteiger partial charge is 0.254 e. The van der Waals surface area contributed by atoms with Gasteiger partial charge in [-0.3, -0.25) is 4.79 Å². The fraction of sp³-hybridized carbons (Fsp3) is 0.533.